The van der Waals surface area contributed by atoms with Crippen LogP contribution in [0.1, 0.15) is 5.69 Å². The summed E-state index contributed by atoms with van der Waals surface area (Å²) in [7, 11) is 0. The van der Waals surface area contributed by atoms with E-state index in [1.807, 2.05) is 0 Å². The maximum Gasteiger partial charge on any atom is 0.288 e. The molecule has 0 fully saturated rings. The lowest BCUT2D eigenvalue weighted by Crippen LogP contribution is -2.19. The Morgan fingerprint density at radius 3 is 2.86 bits per heavy atom. The van der Waals surface area contributed by atoms with E-state index in [0.29, 0.717) is 11.4 Å². The van der Waals surface area contributed by atoms with Crippen LogP contribution in [0.15, 0.2) is 24.4 Å². The van der Waals surface area contributed by atoms with Crippen LogP contribution < -0.4 is 11.1 Å². The molecule has 0 aliphatic heterocycles. The zero-order valence-electron chi connectivity index (χ0n) is 10.7. The zero-order valence-corrected chi connectivity index (χ0v) is 11.4. The highest BCUT2D eigenvalue weighted by Crippen LogP contribution is 2.27. The monoisotopic (exact) mass is 310 g/mol. The molecule has 0 saturated carbocycles. The SMILES string of the molecule is NCc1cn(CC(=O)Nc2ccc([N+](=O)[O-])c(Cl)c2)nn1. The summed E-state index contributed by atoms with van der Waals surface area (Å²) in [5.41, 5.74) is 6.09. The highest BCUT2D eigenvalue weighted by molar-refractivity contribution is 6.33. The Kier molecular flexibility index (Phi) is 4.45. The van der Waals surface area contributed by atoms with Crippen LogP contribution in [0.25, 0.3) is 0 Å². The molecule has 2 rings (SSSR count). The predicted octanol–water partition coefficient (Wildman–Crippen LogP) is 0.937. The van der Waals surface area contributed by atoms with Crippen molar-refractivity contribution in [3.8, 4) is 0 Å². The van der Waals surface area contributed by atoms with Crippen LogP contribution in [0.2, 0.25) is 5.02 Å². The minimum Gasteiger partial charge on any atom is -0.325 e. The van der Waals surface area contributed by atoms with E-state index in [2.05, 4.69) is 15.6 Å². The lowest BCUT2D eigenvalue weighted by atomic mass is 10.3. The second-order valence-electron chi connectivity index (χ2n) is 4.08. The Hall–Kier alpha value is -2.52. The fourth-order valence-electron chi connectivity index (χ4n) is 1.59. The molecule has 0 spiro atoms. The van der Waals surface area contributed by atoms with Gasteiger partial charge in [-0.3, -0.25) is 14.9 Å². The fourth-order valence-corrected chi connectivity index (χ4v) is 1.84. The van der Waals surface area contributed by atoms with Crippen LogP contribution in [-0.2, 0) is 17.9 Å². The van der Waals surface area contributed by atoms with Gasteiger partial charge in [0.1, 0.15) is 11.6 Å². The van der Waals surface area contributed by atoms with E-state index in [1.54, 1.807) is 6.20 Å². The quantitative estimate of drug-likeness (QED) is 0.624. The van der Waals surface area contributed by atoms with Crippen molar-refractivity contribution in [2.75, 3.05) is 5.32 Å². The third-order valence-corrected chi connectivity index (χ3v) is 2.83. The number of hydrogen-bond donors (Lipinski definition) is 2. The Balaban J connectivity index is 2.02. The number of carbonyl (C=O) groups is 1. The van der Waals surface area contributed by atoms with Gasteiger partial charge >= 0.3 is 0 Å². The number of carbonyl (C=O) groups excluding carboxylic acids is 1. The molecule has 2 aromatic rings. The molecule has 0 saturated heterocycles. The third-order valence-electron chi connectivity index (χ3n) is 2.53. The van der Waals surface area contributed by atoms with E-state index in [0.717, 1.165) is 0 Å². The van der Waals surface area contributed by atoms with Crippen molar-refractivity contribution >= 4 is 28.9 Å². The van der Waals surface area contributed by atoms with Crippen molar-refractivity contribution in [3.63, 3.8) is 0 Å². The number of benzene rings is 1. The van der Waals surface area contributed by atoms with Gasteiger partial charge in [0.05, 0.1) is 16.8 Å². The molecule has 10 heteroatoms. The molecule has 0 atom stereocenters. The molecule has 1 amide bonds. The number of hydrogen-bond acceptors (Lipinski definition) is 6. The summed E-state index contributed by atoms with van der Waals surface area (Å²) in [4.78, 5) is 21.8. The maximum atomic E-state index is 11.8. The molecular formula is C11H11ClN6O3. The van der Waals surface area contributed by atoms with E-state index in [4.69, 9.17) is 17.3 Å². The highest BCUT2D eigenvalue weighted by atomic mass is 35.5. The Morgan fingerprint density at radius 1 is 1.52 bits per heavy atom. The number of nitro groups is 1. The molecule has 0 radical (unpaired) electrons. The van der Waals surface area contributed by atoms with Crippen LogP contribution in [-0.4, -0.2) is 25.8 Å². The van der Waals surface area contributed by atoms with Crippen LogP contribution >= 0.6 is 11.6 Å². The average molecular weight is 311 g/mol. The molecule has 0 bridgehead atoms. The second kappa shape index (κ2) is 6.29. The number of rotatable bonds is 5. The molecule has 21 heavy (non-hydrogen) atoms. The topological polar surface area (TPSA) is 129 Å². The Morgan fingerprint density at radius 2 is 2.29 bits per heavy atom. The minimum absolute atomic E-state index is 0.0519. The number of anilines is 1. The van der Waals surface area contributed by atoms with E-state index >= 15 is 0 Å². The van der Waals surface area contributed by atoms with Gasteiger partial charge < -0.3 is 11.1 Å². The Labute approximate surface area is 123 Å². The smallest absolute Gasteiger partial charge is 0.288 e. The Bertz CT molecular complexity index is 686. The van der Waals surface area contributed by atoms with Crippen molar-refractivity contribution in [1.29, 1.82) is 0 Å². The second-order valence-corrected chi connectivity index (χ2v) is 4.49. The van der Waals surface area contributed by atoms with Crippen molar-refractivity contribution < 1.29 is 9.72 Å². The lowest BCUT2D eigenvalue weighted by molar-refractivity contribution is -0.384. The van der Waals surface area contributed by atoms with Gasteiger partial charge in [-0.25, -0.2) is 4.68 Å². The minimum atomic E-state index is -0.600. The number of nitrogens with one attached hydrogen (secondary N) is 1. The summed E-state index contributed by atoms with van der Waals surface area (Å²) in [5.74, 6) is -0.367. The summed E-state index contributed by atoms with van der Waals surface area (Å²) in [6.07, 6.45) is 1.56. The molecule has 9 nitrogen and oxygen atoms in total. The molecule has 3 N–H and O–H groups in total. The molecule has 1 heterocycles. The van der Waals surface area contributed by atoms with Gasteiger partial charge in [0.15, 0.2) is 0 Å². The van der Waals surface area contributed by atoms with E-state index in [-0.39, 0.29) is 29.7 Å². The van der Waals surface area contributed by atoms with Crippen molar-refractivity contribution in [1.82, 2.24) is 15.0 Å². The highest BCUT2D eigenvalue weighted by Gasteiger charge is 2.13. The van der Waals surface area contributed by atoms with E-state index < -0.39 is 4.92 Å². The summed E-state index contributed by atoms with van der Waals surface area (Å²) in [5, 5.41) is 20.6. The van der Waals surface area contributed by atoms with E-state index in [1.165, 1.54) is 22.9 Å². The maximum absolute atomic E-state index is 11.8. The zero-order chi connectivity index (χ0) is 15.4. The van der Waals surface area contributed by atoms with Gasteiger partial charge in [-0.1, -0.05) is 16.8 Å². The number of nitrogens with zero attached hydrogens (tertiary/aromatic N) is 4. The number of aromatic nitrogens is 3. The molecule has 0 aliphatic carbocycles. The first kappa shape index (κ1) is 14.9. The van der Waals surface area contributed by atoms with Crippen molar-refractivity contribution in [2.45, 2.75) is 13.1 Å². The first-order chi connectivity index (χ1) is 9.99. The summed E-state index contributed by atoms with van der Waals surface area (Å²) in [6.45, 7) is 0.182. The molecule has 0 unspecified atom stereocenters. The van der Waals surface area contributed by atoms with Gasteiger partial charge in [-0.15, -0.1) is 5.10 Å². The number of amides is 1. The van der Waals surface area contributed by atoms with Crippen LogP contribution in [0.3, 0.4) is 0 Å². The van der Waals surface area contributed by atoms with Gasteiger partial charge in [0.2, 0.25) is 5.91 Å². The normalized spacial score (nSPS) is 10.4. The molecule has 0 aliphatic rings. The average Bonchev–Trinajstić information content (AvgIpc) is 2.85. The van der Waals surface area contributed by atoms with Gasteiger partial charge in [0, 0.05) is 18.3 Å². The summed E-state index contributed by atoms with van der Waals surface area (Å²) in [6, 6.07) is 3.93. The van der Waals surface area contributed by atoms with Gasteiger partial charge in [-0.05, 0) is 12.1 Å². The van der Waals surface area contributed by atoms with E-state index in [9.17, 15) is 14.9 Å². The largest absolute Gasteiger partial charge is 0.325 e. The fraction of sp³-hybridized carbons (Fsp3) is 0.182. The summed E-state index contributed by atoms with van der Waals surface area (Å²) < 4.78 is 1.34. The van der Waals surface area contributed by atoms with Crippen LogP contribution in [0, 0.1) is 10.1 Å². The first-order valence-electron chi connectivity index (χ1n) is 5.82. The molecular weight excluding hydrogens is 300 g/mol. The van der Waals surface area contributed by atoms with Crippen LogP contribution in [0.4, 0.5) is 11.4 Å². The number of nitro benzene ring substituents is 1. The molecule has 110 valence electrons. The van der Waals surface area contributed by atoms with Gasteiger partial charge in [-0.2, -0.15) is 0 Å². The third kappa shape index (κ3) is 3.74. The van der Waals surface area contributed by atoms with Crippen molar-refractivity contribution in [2.24, 2.45) is 5.73 Å². The lowest BCUT2D eigenvalue weighted by Gasteiger charge is -2.05. The first-order valence-corrected chi connectivity index (χ1v) is 6.20. The predicted molar refractivity (Wildman–Crippen MR) is 74.6 cm³/mol. The molecule has 1 aromatic heterocycles. The van der Waals surface area contributed by atoms with Gasteiger partial charge in [0.25, 0.3) is 5.69 Å². The summed E-state index contributed by atoms with van der Waals surface area (Å²) >= 11 is 5.76. The number of nitrogens with two attached hydrogens (primary N) is 1. The van der Waals surface area contributed by atoms with Crippen molar-refractivity contribution in [3.05, 3.63) is 45.2 Å². The standard InChI is InChI=1S/C11H11ClN6O3/c12-9-3-7(1-2-10(9)18(20)21)14-11(19)6-17-5-8(4-13)15-16-17/h1-3,5H,4,6,13H2,(H,14,19). The molecule has 1 aromatic carbocycles. The number of halogens is 1. The van der Waals surface area contributed by atoms with Crippen LogP contribution in [0.5, 0.6) is 0 Å².